The van der Waals surface area contributed by atoms with Crippen LogP contribution in [0.4, 0.5) is 0 Å². The van der Waals surface area contributed by atoms with Gasteiger partial charge in [0, 0.05) is 22.1 Å². The standard InChI is InChI=1S/C23H28Cl2N2O2/c1-15-8-6-7-9-18(15)14-27(16(2)22(29)26-23(3,4)5)21(28)12-17-10-11-19(24)13-20(17)25/h6-11,13,16H,12,14H2,1-5H3,(H,26,29). The molecule has 4 nitrogen and oxygen atoms in total. The number of carbonyl (C=O) groups is 2. The van der Waals surface area contributed by atoms with E-state index in [2.05, 4.69) is 5.32 Å². The lowest BCUT2D eigenvalue weighted by atomic mass is 10.0. The van der Waals surface area contributed by atoms with Crippen molar-refractivity contribution in [2.24, 2.45) is 0 Å². The quantitative estimate of drug-likeness (QED) is 0.680. The second-order valence-corrected chi connectivity index (χ2v) is 9.12. The number of hydrogen-bond acceptors (Lipinski definition) is 2. The molecule has 2 amide bonds. The third kappa shape index (κ3) is 6.76. The fourth-order valence-corrected chi connectivity index (χ4v) is 3.43. The first-order chi connectivity index (χ1) is 13.5. The molecule has 0 radical (unpaired) electrons. The third-order valence-electron chi connectivity index (χ3n) is 4.62. The van der Waals surface area contributed by atoms with Gasteiger partial charge in [-0.15, -0.1) is 0 Å². The van der Waals surface area contributed by atoms with Gasteiger partial charge in [-0.25, -0.2) is 0 Å². The van der Waals surface area contributed by atoms with E-state index in [4.69, 9.17) is 23.2 Å². The van der Waals surface area contributed by atoms with Gasteiger partial charge < -0.3 is 10.2 Å². The molecule has 0 aliphatic carbocycles. The largest absolute Gasteiger partial charge is 0.350 e. The molecule has 0 aromatic heterocycles. The molecular formula is C23H28Cl2N2O2. The molecular weight excluding hydrogens is 407 g/mol. The van der Waals surface area contributed by atoms with E-state index in [0.29, 0.717) is 22.2 Å². The van der Waals surface area contributed by atoms with Crippen LogP contribution in [0.3, 0.4) is 0 Å². The zero-order chi connectivity index (χ0) is 21.8. The first-order valence-electron chi connectivity index (χ1n) is 9.58. The number of rotatable bonds is 6. The van der Waals surface area contributed by atoms with Gasteiger partial charge >= 0.3 is 0 Å². The number of halogens is 2. The fraction of sp³-hybridized carbons (Fsp3) is 0.391. The molecule has 0 aliphatic rings. The molecule has 156 valence electrons. The molecule has 2 aromatic carbocycles. The topological polar surface area (TPSA) is 49.4 Å². The minimum absolute atomic E-state index is 0.0923. The van der Waals surface area contributed by atoms with E-state index in [1.54, 1.807) is 30.0 Å². The number of amides is 2. The highest BCUT2D eigenvalue weighted by Gasteiger charge is 2.29. The summed E-state index contributed by atoms with van der Waals surface area (Å²) in [4.78, 5) is 27.6. The van der Waals surface area contributed by atoms with Crippen LogP contribution >= 0.6 is 23.2 Å². The Bertz CT molecular complexity index is 891. The van der Waals surface area contributed by atoms with E-state index < -0.39 is 6.04 Å². The van der Waals surface area contributed by atoms with Crippen molar-refractivity contribution in [3.8, 4) is 0 Å². The Morgan fingerprint density at radius 1 is 1.07 bits per heavy atom. The zero-order valence-corrected chi connectivity index (χ0v) is 19.1. The van der Waals surface area contributed by atoms with E-state index in [0.717, 1.165) is 11.1 Å². The Morgan fingerprint density at radius 2 is 1.72 bits per heavy atom. The molecule has 0 heterocycles. The van der Waals surface area contributed by atoms with Crippen LogP contribution in [0.5, 0.6) is 0 Å². The van der Waals surface area contributed by atoms with Crippen molar-refractivity contribution >= 4 is 35.0 Å². The van der Waals surface area contributed by atoms with Gasteiger partial charge in [-0.2, -0.15) is 0 Å². The van der Waals surface area contributed by atoms with Crippen LogP contribution in [-0.2, 0) is 22.6 Å². The molecule has 1 atom stereocenters. The highest BCUT2D eigenvalue weighted by molar-refractivity contribution is 6.35. The van der Waals surface area contributed by atoms with Gasteiger partial charge in [-0.05, 0) is 63.4 Å². The van der Waals surface area contributed by atoms with Crippen molar-refractivity contribution in [1.82, 2.24) is 10.2 Å². The lowest BCUT2D eigenvalue weighted by Gasteiger charge is -2.32. The lowest BCUT2D eigenvalue weighted by Crippen LogP contribution is -2.52. The molecule has 2 aromatic rings. The minimum Gasteiger partial charge on any atom is -0.350 e. The van der Waals surface area contributed by atoms with Crippen molar-refractivity contribution in [2.75, 3.05) is 0 Å². The Kier molecular flexibility index (Phi) is 7.73. The van der Waals surface area contributed by atoms with E-state index in [9.17, 15) is 9.59 Å². The molecule has 1 N–H and O–H groups in total. The predicted octanol–water partition coefficient (Wildman–Crippen LogP) is 5.18. The summed E-state index contributed by atoms with van der Waals surface area (Å²) in [6, 6.07) is 12.3. The Morgan fingerprint density at radius 3 is 2.31 bits per heavy atom. The maximum absolute atomic E-state index is 13.2. The van der Waals surface area contributed by atoms with Gasteiger partial charge in [0.05, 0.1) is 6.42 Å². The molecule has 29 heavy (non-hydrogen) atoms. The predicted molar refractivity (Wildman–Crippen MR) is 119 cm³/mol. The van der Waals surface area contributed by atoms with Crippen LogP contribution in [0, 0.1) is 6.92 Å². The average Bonchev–Trinajstić information content (AvgIpc) is 2.61. The molecule has 0 aliphatic heterocycles. The number of hydrogen-bond donors (Lipinski definition) is 1. The second-order valence-electron chi connectivity index (χ2n) is 8.28. The Hall–Kier alpha value is -2.04. The summed E-state index contributed by atoms with van der Waals surface area (Å²) in [5.41, 5.74) is 2.36. The fourth-order valence-electron chi connectivity index (χ4n) is 2.96. The summed E-state index contributed by atoms with van der Waals surface area (Å²) < 4.78 is 0. The van der Waals surface area contributed by atoms with E-state index in [1.807, 2.05) is 52.0 Å². The van der Waals surface area contributed by atoms with Crippen molar-refractivity contribution in [1.29, 1.82) is 0 Å². The first kappa shape index (κ1) is 23.2. The van der Waals surface area contributed by atoms with Crippen molar-refractivity contribution < 1.29 is 9.59 Å². The Labute approximate surface area is 183 Å². The van der Waals surface area contributed by atoms with E-state index in [-0.39, 0.29) is 23.8 Å². The van der Waals surface area contributed by atoms with Crippen LogP contribution in [-0.4, -0.2) is 28.3 Å². The Balaban J connectivity index is 2.31. The molecule has 1 unspecified atom stereocenters. The summed E-state index contributed by atoms with van der Waals surface area (Å²) in [6.07, 6.45) is 0.0923. The summed E-state index contributed by atoms with van der Waals surface area (Å²) in [6.45, 7) is 9.83. The van der Waals surface area contributed by atoms with E-state index in [1.165, 1.54) is 0 Å². The number of aryl methyl sites for hydroxylation is 1. The average molecular weight is 435 g/mol. The third-order valence-corrected chi connectivity index (χ3v) is 5.21. The normalized spacial score (nSPS) is 12.4. The number of carbonyl (C=O) groups excluding carboxylic acids is 2. The van der Waals surface area contributed by atoms with Crippen molar-refractivity contribution in [2.45, 2.75) is 59.2 Å². The minimum atomic E-state index is -0.632. The first-order valence-corrected chi connectivity index (χ1v) is 10.3. The van der Waals surface area contributed by atoms with Crippen LogP contribution in [0.1, 0.15) is 44.4 Å². The molecule has 0 fully saturated rings. The van der Waals surface area contributed by atoms with Gasteiger partial charge in [0.25, 0.3) is 0 Å². The van der Waals surface area contributed by atoms with Gasteiger partial charge in [0.1, 0.15) is 6.04 Å². The molecule has 6 heteroatoms. The number of benzene rings is 2. The molecule has 2 rings (SSSR count). The van der Waals surface area contributed by atoms with Gasteiger partial charge in [-0.1, -0.05) is 53.5 Å². The van der Waals surface area contributed by atoms with Crippen LogP contribution in [0.2, 0.25) is 10.0 Å². The van der Waals surface area contributed by atoms with Crippen molar-refractivity contribution in [3.63, 3.8) is 0 Å². The maximum atomic E-state index is 13.2. The summed E-state index contributed by atoms with van der Waals surface area (Å²) in [5, 5.41) is 3.91. The summed E-state index contributed by atoms with van der Waals surface area (Å²) in [7, 11) is 0. The van der Waals surface area contributed by atoms with E-state index >= 15 is 0 Å². The summed E-state index contributed by atoms with van der Waals surface area (Å²) in [5.74, 6) is -0.365. The molecule has 0 bridgehead atoms. The lowest BCUT2D eigenvalue weighted by molar-refractivity contribution is -0.140. The number of nitrogens with zero attached hydrogens (tertiary/aromatic N) is 1. The highest BCUT2D eigenvalue weighted by Crippen LogP contribution is 2.23. The second kappa shape index (κ2) is 9.64. The number of nitrogens with one attached hydrogen (secondary N) is 1. The molecule has 0 saturated heterocycles. The van der Waals surface area contributed by atoms with Gasteiger partial charge in [-0.3, -0.25) is 9.59 Å². The smallest absolute Gasteiger partial charge is 0.242 e. The molecule has 0 saturated carbocycles. The van der Waals surface area contributed by atoms with Crippen LogP contribution in [0.25, 0.3) is 0 Å². The maximum Gasteiger partial charge on any atom is 0.242 e. The van der Waals surface area contributed by atoms with Crippen LogP contribution < -0.4 is 5.32 Å². The van der Waals surface area contributed by atoms with Crippen molar-refractivity contribution in [3.05, 3.63) is 69.2 Å². The van der Waals surface area contributed by atoms with Gasteiger partial charge in [0.2, 0.25) is 11.8 Å². The highest BCUT2D eigenvalue weighted by atomic mass is 35.5. The van der Waals surface area contributed by atoms with Gasteiger partial charge in [0.15, 0.2) is 0 Å². The zero-order valence-electron chi connectivity index (χ0n) is 17.6. The molecule has 0 spiro atoms. The van der Waals surface area contributed by atoms with Crippen LogP contribution in [0.15, 0.2) is 42.5 Å². The SMILES string of the molecule is Cc1ccccc1CN(C(=O)Cc1ccc(Cl)cc1Cl)C(C)C(=O)NC(C)(C)C. The summed E-state index contributed by atoms with van der Waals surface area (Å²) >= 11 is 12.2. The monoisotopic (exact) mass is 434 g/mol.